The summed E-state index contributed by atoms with van der Waals surface area (Å²) in [5, 5.41) is 0. The zero-order chi connectivity index (χ0) is 8.65. The third-order valence-corrected chi connectivity index (χ3v) is 2.90. The summed E-state index contributed by atoms with van der Waals surface area (Å²) in [5.74, 6) is 0. The fourth-order valence-corrected chi connectivity index (χ4v) is 1.88. The number of rotatable bonds is 0. The average Bonchev–Trinajstić information content (AvgIpc) is 2.11. The van der Waals surface area contributed by atoms with Gasteiger partial charge in [-0.15, -0.1) is 0 Å². The average molecular weight is 264 g/mol. The number of imidazole rings is 1. The Labute approximate surface area is 81.2 Å². The van der Waals surface area contributed by atoms with E-state index in [1.54, 1.807) is 0 Å². The summed E-state index contributed by atoms with van der Waals surface area (Å²) in [4.78, 5) is 4.24. The van der Waals surface area contributed by atoms with Gasteiger partial charge >= 0.3 is 0 Å². The molecule has 0 aliphatic rings. The molecule has 0 aromatic carbocycles. The Bertz CT molecular complexity index is 258. The Kier molecular flexibility index (Phi) is 2.27. The summed E-state index contributed by atoms with van der Waals surface area (Å²) >= 11 is 2.33. The minimum Gasteiger partial charge on any atom is -0.320 e. The predicted molar refractivity (Wildman–Crippen MR) is 54.7 cm³/mol. The molecule has 0 fully saturated rings. The van der Waals surface area contributed by atoms with Gasteiger partial charge in [0.15, 0.2) is 0 Å². The van der Waals surface area contributed by atoms with E-state index in [0.29, 0.717) is 0 Å². The lowest BCUT2D eigenvalue weighted by atomic mass is 10.1. The Morgan fingerprint density at radius 2 is 2.00 bits per heavy atom. The van der Waals surface area contributed by atoms with Crippen LogP contribution >= 0.6 is 22.6 Å². The molecule has 0 N–H and O–H groups in total. The molecule has 0 aliphatic heterocycles. The van der Waals surface area contributed by atoms with Crippen LogP contribution in [0.1, 0.15) is 26.5 Å². The summed E-state index contributed by atoms with van der Waals surface area (Å²) in [6, 6.07) is 0. The van der Waals surface area contributed by atoms with E-state index < -0.39 is 0 Å². The normalized spacial score (nSPS) is 12.1. The van der Waals surface area contributed by atoms with Gasteiger partial charge in [0.25, 0.3) is 0 Å². The van der Waals surface area contributed by atoms with Crippen molar-refractivity contribution in [3.05, 3.63) is 15.7 Å². The minimum absolute atomic E-state index is 0.151. The Morgan fingerprint density at radius 3 is 2.18 bits per heavy atom. The second-order valence-corrected chi connectivity index (χ2v) is 4.68. The fraction of sp³-hybridized carbons (Fsp3) is 0.625. The van der Waals surface area contributed by atoms with Crippen molar-refractivity contribution < 1.29 is 0 Å². The maximum atomic E-state index is 4.24. The molecule has 0 unspecified atom stereocenters. The molecule has 3 heteroatoms. The monoisotopic (exact) mass is 264 g/mol. The van der Waals surface area contributed by atoms with Gasteiger partial charge in [-0.1, -0.05) is 0 Å². The first-order valence-corrected chi connectivity index (χ1v) is 4.70. The Balaban J connectivity index is 3.15. The zero-order valence-electron chi connectivity index (χ0n) is 7.35. The fourth-order valence-electron chi connectivity index (χ4n) is 0.890. The van der Waals surface area contributed by atoms with E-state index in [2.05, 4.69) is 52.9 Å². The van der Waals surface area contributed by atoms with Crippen LogP contribution in [-0.4, -0.2) is 9.55 Å². The molecule has 0 aliphatic carbocycles. The number of nitrogens with zero attached hydrogens (tertiary/aromatic N) is 2. The third kappa shape index (κ3) is 1.75. The van der Waals surface area contributed by atoms with Crippen molar-refractivity contribution >= 4 is 22.6 Å². The smallest absolute Gasteiger partial charge is 0.103 e. The number of aryl methyl sites for hydroxylation is 1. The highest BCUT2D eigenvalue weighted by Crippen LogP contribution is 2.19. The molecule has 0 atom stereocenters. The molecule has 1 heterocycles. The Hall–Kier alpha value is -0.0600. The number of halogens is 1. The van der Waals surface area contributed by atoms with Crippen molar-refractivity contribution in [1.29, 1.82) is 0 Å². The van der Waals surface area contributed by atoms with Gasteiger partial charge in [0.2, 0.25) is 0 Å². The van der Waals surface area contributed by atoms with Crippen LogP contribution in [0.5, 0.6) is 0 Å². The predicted octanol–water partition coefficient (Wildman–Crippen LogP) is 2.55. The first-order valence-electron chi connectivity index (χ1n) is 3.63. The topological polar surface area (TPSA) is 17.8 Å². The van der Waals surface area contributed by atoms with Gasteiger partial charge < -0.3 is 4.57 Å². The van der Waals surface area contributed by atoms with E-state index >= 15 is 0 Å². The van der Waals surface area contributed by atoms with Crippen LogP contribution in [0, 0.1) is 10.6 Å². The van der Waals surface area contributed by atoms with Crippen molar-refractivity contribution in [1.82, 2.24) is 9.55 Å². The summed E-state index contributed by atoms with van der Waals surface area (Å²) in [6.07, 6.45) is 1.90. The molecule has 1 aromatic rings. The van der Waals surface area contributed by atoms with Crippen molar-refractivity contribution in [2.45, 2.75) is 33.2 Å². The quantitative estimate of drug-likeness (QED) is 0.658. The highest BCUT2D eigenvalue weighted by atomic mass is 127. The van der Waals surface area contributed by atoms with Crippen molar-refractivity contribution in [2.75, 3.05) is 0 Å². The van der Waals surface area contributed by atoms with Gasteiger partial charge in [-0.05, 0) is 50.3 Å². The molecule has 62 valence electrons. The Morgan fingerprint density at radius 1 is 1.45 bits per heavy atom. The molecule has 1 rings (SSSR count). The second kappa shape index (κ2) is 2.77. The van der Waals surface area contributed by atoms with E-state index in [0.717, 1.165) is 5.69 Å². The van der Waals surface area contributed by atoms with E-state index in [1.807, 2.05) is 13.3 Å². The number of aromatic nitrogens is 2. The molecule has 0 saturated carbocycles. The van der Waals surface area contributed by atoms with Crippen LogP contribution < -0.4 is 0 Å². The summed E-state index contributed by atoms with van der Waals surface area (Å²) < 4.78 is 3.42. The van der Waals surface area contributed by atoms with Gasteiger partial charge in [-0.2, -0.15) is 0 Å². The van der Waals surface area contributed by atoms with Crippen LogP contribution in [0.3, 0.4) is 0 Å². The zero-order valence-corrected chi connectivity index (χ0v) is 9.51. The first kappa shape index (κ1) is 9.03. The van der Waals surface area contributed by atoms with Gasteiger partial charge in [0, 0.05) is 5.54 Å². The molecule has 0 radical (unpaired) electrons. The molecule has 0 amide bonds. The van der Waals surface area contributed by atoms with E-state index in [4.69, 9.17) is 0 Å². The van der Waals surface area contributed by atoms with Crippen LogP contribution in [0.25, 0.3) is 0 Å². The highest BCUT2D eigenvalue weighted by Gasteiger charge is 2.16. The molecule has 0 saturated heterocycles. The maximum Gasteiger partial charge on any atom is 0.103 e. The van der Waals surface area contributed by atoms with Crippen LogP contribution in [0.15, 0.2) is 6.33 Å². The third-order valence-electron chi connectivity index (χ3n) is 1.60. The highest BCUT2D eigenvalue weighted by molar-refractivity contribution is 14.1. The van der Waals surface area contributed by atoms with Crippen molar-refractivity contribution in [3.8, 4) is 0 Å². The molecule has 11 heavy (non-hydrogen) atoms. The lowest BCUT2D eigenvalue weighted by Gasteiger charge is -2.21. The lowest BCUT2D eigenvalue weighted by molar-refractivity contribution is 0.388. The molecule has 2 nitrogen and oxygen atoms in total. The second-order valence-electron chi connectivity index (χ2n) is 3.66. The SMILES string of the molecule is Cc1ncn(C(C)(C)C)c1I. The van der Waals surface area contributed by atoms with Gasteiger partial charge in [0.05, 0.1) is 12.0 Å². The molecular weight excluding hydrogens is 251 g/mol. The number of hydrogen-bond donors (Lipinski definition) is 0. The van der Waals surface area contributed by atoms with Crippen LogP contribution in [0.2, 0.25) is 0 Å². The lowest BCUT2D eigenvalue weighted by Crippen LogP contribution is -2.22. The summed E-state index contributed by atoms with van der Waals surface area (Å²) in [7, 11) is 0. The molecule has 1 aromatic heterocycles. The van der Waals surface area contributed by atoms with Crippen LogP contribution in [0.4, 0.5) is 0 Å². The number of hydrogen-bond acceptors (Lipinski definition) is 1. The van der Waals surface area contributed by atoms with Crippen molar-refractivity contribution in [3.63, 3.8) is 0 Å². The first-order chi connectivity index (χ1) is 4.93. The van der Waals surface area contributed by atoms with Gasteiger partial charge in [0.1, 0.15) is 3.70 Å². The minimum atomic E-state index is 0.151. The van der Waals surface area contributed by atoms with Gasteiger partial charge in [-0.25, -0.2) is 4.98 Å². The van der Waals surface area contributed by atoms with E-state index in [9.17, 15) is 0 Å². The van der Waals surface area contributed by atoms with Crippen molar-refractivity contribution in [2.24, 2.45) is 0 Å². The molecule has 0 spiro atoms. The standard InChI is InChI=1S/C8H13IN2/c1-6-7(9)11(5-10-6)8(2,3)4/h5H,1-4H3. The molecule has 0 bridgehead atoms. The van der Waals surface area contributed by atoms with Gasteiger partial charge in [-0.3, -0.25) is 0 Å². The summed E-state index contributed by atoms with van der Waals surface area (Å²) in [5.41, 5.74) is 1.26. The van der Waals surface area contributed by atoms with E-state index in [-0.39, 0.29) is 5.54 Å². The van der Waals surface area contributed by atoms with E-state index in [1.165, 1.54) is 3.70 Å². The largest absolute Gasteiger partial charge is 0.320 e. The van der Waals surface area contributed by atoms with Crippen LogP contribution in [-0.2, 0) is 5.54 Å². The maximum absolute atomic E-state index is 4.24. The molecular formula is C8H13IN2. The summed E-state index contributed by atoms with van der Waals surface area (Å²) in [6.45, 7) is 8.56.